The van der Waals surface area contributed by atoms with E-state index in [0.29, 0.717) is 28.7 Å². The number of imidazole rings is 1. The van der Waals surface area contributed by atoms with Crippen LogP contribution >= 0.6 is 11.8 Å². The fourth-order valence-electron chi connectivity index (χ4n) is 1.82. The molecule has 0 fully saturated rings. The molecule has 23 heavy (non-hydrogen) atoms. The summed E-state index contributed by atoms with van der Waals surface area (Å²) in [5.41, 5.74) is 6.69. The van der Waals surface area contributed by atoms with Crippen LogP contribution in [0, 0.1) is 5.41 Å². The Bertz CT molecular complexity index is 693. The van der Waals surface area contributed by atoms with Gasteiger partial charge in [-0.15, -0.1) is 0 Å². The third-order valence-electron chi connectivity index (χ3n) is 3.08. The van der Waals surface area contributed by atoms with Gasteiger partial charge in [0.15, 0.2) is 16.6 Å². The van der Waals surface area contributed by atoms with Crippen molar-refractivity contribution in [3.05, 3.63) is 6.33 Å². The first-order valence-electron chi connectivity index (χ1n) is 7.61. The molecule has 126 valence electrons. The number of esters is 1. The number of rotatable bonds is 6. The lowest BCUT2D eigenvalue weighted by atomic mass is 9.97. The topological polar surface area (TPSA) is 95.9 Å². The minimum Gasteiger partial charge on any atom is -0.463 e. The molecule has 2 aromatic rings. The number of anilines is 1. The van der Waals surface area contributed by atoms with Gasteiger partial charge >= 0.3 is 5.97 Å². The van der Waals surface area contributed by atoms with Crippen LogP contribution in [0.5, 0.6) is 0 Å². The molecule has 2 aromatic heterocycles. The molecule has 0 amide bonds. The maximum absolute atomic E-state index is 11.8. The van der Waals surface area contributed by atoms with Gasteiger partial charge in [0.2, 0.25) is 0 Å². The average Bonchev–Trinajstić information content (AvgIpc) is 2.88. The summed E-state index contributed by atoms with van der Waals surface area (Å²) in [5, 5.41) is 0.644. The van der Waals surface area contributed by atoms with Gasteiger partial charge in [-0.05, 0) is 27.2 Å². The minimum absolute atomic E-state index is 0.227. The number of nitrogens with zero attached hydrogens (tertiary/aromatic N) is 4. The Balaban J connectivity index is 2.11. The van der Waals surface area contributed by atoms with Gasteiger partial charge in [0, 0.05) is 5.75 Å². The number of aromatic nitrogens is 4. The molecule has 0 spiro atoms. The molecule has 2 rings (SSSR count). The SMILES string of the molecule is CCCSc1nc(N)c2ncn(CCOC(=O)C(C)(C)C)c2n1. The quantitative estimate of drug-likeness (QED) is 0.491. The lowest BCUT2D eigenvalue weighted by molar-refractivity contribution is -0.153. The van der Waals surface area contributed by atoms with Crippen LogP contribution in [0.3, 0.4) is 0 Å². The first-order chi connectivity index (χ1) is 10.8. The van der Waals surface area contributed by atoms with Crippen molar-refractivity contribution in [1.82, 2.24) is 19.5 Å². The molecule has 0 aliphatic heterocycles. The zero-order chi connectivity index (χ0) is 17.0. The zero-order valence-electron chi connectivity index (χ0n) is 14.0. The first kappa shape index (κ1) is 17.5. The Labute approximate surface area is 140 Å². The number of carbonyl (C=O) groups excluding carboxylic acids is 1. The van der Waals surface area contributed by atoms with Gasteiger partial charge in [0.1, 0.15) is 12.1 Å². The molecule has 0 atom stereocenters. The highest BCUT2D eigenvalue weighted by Crippen LogP contribution is 2.22. The van der Waals surface area contributed by atoms with Crippen molar-refractivity contribution in [2.75, 3.05) is 18.1 Å². The predicted molar refractivity (Wildman–Crippen MR) is 91.2 cm³/mol. The number of thioether (sulfide) groups is 1. The van der Waals surface area contributed by atoms with Gasteiger partial charge in [0.05, 0.1) is 18.3 Å². The first-order valence-corrected chi connectivity index (χ1v) is 8.60. The van der Waals surface area contributed by atoms with Crippen LogP contribution in [0.2, 0.25) is 0 Å². The van der Waals surface area contributed by atoms with Gasteiger partial charge < -0.3 is 15.0 Å². The molecule has 0 aromatic carbocycles. The standard InChI is InChI=1S/C15H23N5O2S/c1-5-8-23-14-18-11(16)10-12(19-14)20(9-17-10)6-7-22-13(21)15(2,3)4/h9H,5-8H2,1-4H3,(H2,16,18,19). The van der Waals surface area contributed by atoms with Crippen LogP contribution in [0.1, 0.15) is 34.1 Å². The third-order valence-corrected chi connectivity index (χ3v) is 4.14. The molecular formula is C15H23N5O2S. The van der Waals surface area contributed by atoms with E-state index in [1.807, 2.05) is 25.3 Å². The Morgan fingerprint density at radius 3 is 2.78 bits per heavy atom. The van der Waals surface area contributed by atoms with E-state index in [0.717, 1.165) is 12.2 Å². The van der Waals surface area contributed by atoms with Crippen LogP contribution in [0.25, 0.3) is 11.2 Å². The van der Waals surface area contributed by atoms with Crippen LogP contribution in [-0.2, 0) is 16.1 Å². The predicted octanol–water partition coefficient (Wildman–Crippen LogP) is 2.50. The van der Waals surface area contributed by atoms with Crippen molar-refractivity contribution in [2.24, 2.45) is 5.41 Å². The third kappa shape index (κ3) is 4.34. The van der Waals surface area contributed by atoms with Crippen LogP contribution in [0.4, 0.5) is 5.82 Å². The second-order valence-corrected chi connectivity index (χ2v) is 7.30. The van der Waals surface area contributed by atoms with Gasteiger partial charge in [0.25, 0.3) is 0 Å². The smallest absolute Gasteiger partial charge is 0.311 e. The summed E-state index contributed by atoms with van der Waals surface area (Å²) in [7, 11) is 0. The van der Waals surface area contributed by atoms with E-state index in [4.69, 9.17) is 10.5 Å². The molecule has 0 bridgehead atoms. The summed E-state index contributed by atoms with van der Waals surface area (Å²) in [6.45, 7) is 8.32. The van der Waals surface area contributed by atoms with Crippen LogP contribution < -0.4 is 5.73 Å². The number of nitrogens with two attached hydrogens (primary N) is 1. The Hall–Kier alpha value is -1.83. The lowest BCUT2D eigenvalue weighted by Gasteiger charge is -2.16. The monoisotopic (exact) mass is 337 g/mol. The molecule has 0 unspecified atom stereocenters. The highest BCUT2D eigenvalue weighted by molar-refractivity contribution is 7.99. The number of hydrogen-bond acceptors (Lipinski definition) is 7. The van der Waals surface area contributed by atoms with E-state index in [9.17, 15) is 4.79 Å². The zero-order valence-corrected chi connectivity index (χ0v) is 14.8. The van der Waals surface area contributed by atoms with Crippen molar-refractivity contribution in [3.63, 3.8) is 0 Å². The molecule has 2 N–H and O–H groups in total. The van der Waals surface area contributed by atoms with Crippen LogP contribution in [-0.4, -0.2) is 37.8 Å². The maximum Gasteiger partial charge on any atom is 0.311 e. The number of nitrogen functional groups attached to an aromatic ring is 1. The largest absolute Gasteiger partial charge is 0.463 e. The highest BCUT2D eigenvalue weighted by Gasteiger charge is 2.22. The molecule has 0 aliphatic rings. The average molecular weight is 337 g/mol. The van der Waals surface area contributed by atoms with Crippen molar-refractivity contribution in [2.45, 2.75) is 45.8 Å². The maximum atomic E-state index is 11.8. The van der Waals surface area contributed by atoms with Crippen molar-refractivity contribution >= 4 is 34.7 Å². The molecule has 0 radical (unpaired) electrons. The van der Waals surface area contributed by atoms with E-state index in [1.54, 1.807) is 18.1 Å². The van der Waals surface area contributed by atoms with Crippen LogP contribution in [0.15, 0.2) is 11.5 Å². The summed E-state index contributed by atoms with van der Waals surface area (Å²) in [5.74, 6) is 1.08. The van der Waals surface area contributed by atoms with Gasteiger partial charge in [-0.2, -0.15) is 0 Å². The second-order valence-electron chi connectivity index (χ2n) is 6.24. The van der Waals surface area contributed by atoms with E-state index in [-0.39, 0.29) is 12.6 Å². The Morgan fingerprint density at radius 2 is 2.13 bits per heavy atom. The number of hydrogen-bond donors (Lipinski definition) is 1. The number of carbonyl (C=O) groups is 1. The lowest BCUT2D eigenvalue weighted by Crippen LogP contribution is -2.24. The van der Waals surface area contributed by atoms with Gasteiger partial charge in [-0.25, -0.2) is 15.0 Å². The summed E-state index contributed by atoms with van der Waals surface area (Å²) in [6, 6.07) is 0. The summed E-state index contributed by atoms with van der Waals surface area (Å²) >= 11 is 1.56. The molecule has 0 aliphatic carbocycles. The Kier molecular flexibility index (Phi) is 5.46. The number of ether oxygens (including phenoxy) is 1. The van der Waals surface area contributed by atoms with Crippen molar-refractivity contribution < 1.29 is 9.53 Å². The van der Waals surface area contributed by atoms with E-state index in [1.165, 1.54) is 0 Å². The van der Waals surface area contributed by atoms with Gasteiger partial charge in [-0.3, -0.25) is 4.79 Å². The van der Waals surface area contributed by atoms with Crippen molar-refractivity contribution in [3.8, 4) is 0 Å². The normalized spacial score (nSPS) is 11.8. The molecule has 0 saturated carbocycles. The van der Waals surface area contributed by atoms with Gasteiger partial charge in [-0.1, -0.05) is 18.7 Å². The van der Waals surface area contributed by atoms with E-state index >= 15 is 0 Å². The summed E-state index contributed by atoms with van der Waals surface area (Å²) in [6.07, 6.45) is 2.68. The summed E-state index contributed by atoms with van der Waals surface area (Å²) < 4.78 is 7.12. The van der Waals surface area contributed by atoms with E-state index in [2.05, 4.69) is 21.9 Å². The number of fused-ring (bicyclic) bond motifs is 1. The summed E-state index contributed by atoms with van der Waals surface area (Å²) in [4.78, 5) is 24.8. The minimum atomic E-state index is -0.506. The van der Waals surface area contributed by atoms with Crippen molar-refractivity contribution in [1.29, 1.82) is 0 Å². The van der Waals surface area contributed by atoms with E-state index < -0.39 is 5.41 Å². The molecule has 7 nitrogen and oxygen atoms in total. The Morgan fingerprint density at radius 1 is 1.39 bits per heavy atom. The molecule has 8 heteroatoms. The fourth-order valence-corrected chi connectivity index (χ4v) is 2.52. The molecule has 0 saturated heterocycles. The molecule has 2 heterocycles. The highest BCUT2D eigenvalue weighted by atomic mass is 32.2. The molecular weight excluding hydrogens is 314 g/mol. The second kappa shape index (κ2) is 7.16. The fraction of sp³-hybridized carbons (Fsp3) is 0.600.